The van der Waals surface area contributed by atoms with Crippen molar-refractivity contribution in [1.29, 1.82) is 0 Å². The molecule has 1 aromatic carbocycles. The maximum absolute atomic E-state index is 10.0. The van der Waals surface area contributed by atoms with Crippen LogP contribution in [0.1, 0.15) is 56.3 Å². The Bertz CT molecular complexity index is 361. The summed E-state index contributed by atoms with van der Waals surface area (Å²) >= 11 is 0. The molecule has 0 heterocycles. The quantitative estimate of drug-likeness (QED) is 0.822. The van der Waals surface area contributed by atoms with Gasteiger partial charge in [-0.1, -0.05) is 30.7 Å². The summed E-state index contributed by atoms with van der Waals surface area (Å²) in [6.07, 6.45) is 3.00. The first kappa shape index (κ1) is 11.6. The Kier molecular flexibility index (Phi) is 3.04. The number of benzene rings is 1. The predicted octanol–water partition coefficient (Wildman–Crippen LogP) is 2.76. The summed E-state index contributed by atoms with van der Waals surface area (Å²) in [5, 5.41) is 19.8. The molecule has 0 spiro atoms. The van der Waals surface area contributed by atoms with E-state index < -0.39 is 11.7 Å². The SMILES string of the molecule is CC(C)(O)C(O)c1cccc(C2CCC2)c1. The molecule has 1 aliphatic carbocycles. The zero-order valence-corrected chi connectivity index (χ0v) is 9.98. The summed E-state index contributed by atoms with van der Waals surface area (Å²) in [5.74, 6) is 0.661. The van der Waals surface area contributed by atoms with Crippen molar-refractivity contribution in [1.82, 2.24) is 0 Å². The molecule has 2 heteroatoms. The Hall–Kier alpha value is -0.860. The zero-order valence-electron chi connectivity index (χ0n) is 9.98. The van der Waals surface area contributed by atoms with Gasteiger partial charge in [-0.25, -0.2) is 0 Å². The average molecular weight is 220 g/mol. The highest BCUT2D eigenvalue weighted by molar-refractivity contribution is 5.30. The van der Waals surface area contributed by atoms with Gasteiger partial charge < -0.3 is 10.2 Å². The van der Waals surface area contributed by atoms with E-state index in [1.165, 1.54) is 24.8 Å². The van der Waals surface area contributed by atoms with Crippen molar-refractivity contribution in [3.05, 3.63) is 35.4 Å². The highest BCUT2D eigenvalue weighted by atomic mass is 16.3. The van der Waals surface area contributed by atoms with Crippen molar-refractivity contribution in [2.24, 2.45) is 0 Å². The second-order valence-electron chi connectivity index (χ2n) is 5.35. The lowest BCUT2D eigenvalue weighted by molar-refractivity contribution is -0.0497. The average Bonchev–Trinajstić information content (AvgIpc) is 2.13. The van der Waals surface area contributed by atoms with E-state index >= 15 is 0 Å². The van der Waals surface area contributed by atoms with Gasteiger partial charge in [-0.05, 0) is 43.7 Å². The molecule has 1 atom stereocenters. The van der Waals surface area contributed by atoms with E-state index in [0.717, 1.165) is 5.56 Å². The fraction of sp³-hybridized carbons (Fsp3) is 0.571. The summed E-state index contributed by atoms with van der Waals surface area (Å²) in [5.41, 5.74) is 1.03. The molecular formula is C14H20O2. The highest BCUT2D eigenvalue weighted by Crippen LogP contribution is 2.37. The van der Waals surface area contributed by atoms with E-state index in [1.54, 1.807) is 13.8 Å². The first-order valence-corrected chi connectivity index (χ1v) is 5.99. The molecule has 1 aliphatic rings. The van der Waals surface area contributed by atoms with E-state index in [-0.39, 0.29) is 0 Å². The van der Waals surface area contributed by atoms with Crippen LogP contribution in [0, 0.1) is 0 Å². The molecule has 88 valence electrons. The highest BCUT2D eigenvalue weighted by Gasteiger charge is 2.27. The van der Waals surface area contributed by atoms with Crippen LogP contribution < -0.4 is 0 Å². The van der Waals surface area contributed by atoms with E-state index in [1.807, 2.05) is 18.2 Å². The maximum atomic E-state index is 10.0. The predicted molar refractivity (Wildman–Crippen MR) is 64.3 cm³/mol. The Labute approximate surface area is 96.9 Å². The van der Waals surface area contributed by atoms with Crippen LogP contribution in [0.4, 0.5) is 0 Å². The van der Waals surface area contributed by atoms with Crippen LogP contribution in [0.15, 0.2) is 24.3 Å². The third-order valence-electron chi connectivity index (χ3n) is 3.47. The van der Waals surface area contributed by atoms with Gasteiger partial charge in [-0.3, -0.25) is 0 Å². The van der Waals surface area contributed by atoms with Crippen LogP contribution in [-0.4, -0.2) is 15.8 Å². The summed E-state index contributed by atoms with van der Waals surface area (Å²) in [6.45, 7) is 3.27. The number of hydrogen-bond acceptors (Lipinski definition) is 2. The van der Waals surface area contributed by atoms with Crippen LogP contribution in [0.5, 0.6) is 0 Å². The van der Waals surface area contributed by atoms with Crippen LogP contribution in [0.3, 0.4) is 0 Å². The summed E-state index contributed by atoms with van der Waals surface area (Å²) in [7, 11) is 0. The van der Waals surface area contributed by atoms with E-state index in [2.05, 4.69) is 6.07 Å². The fourth-order valence-corrected chi connectivity index (χ4v) is 2.13. The van der Waals surface area contributed by atoms with Crippen LogP contribution in [0.2, 0.25) is 0 Å². The van der Waals surface area contributed by atoms with Crippen molar-refractivity contribution in [2.45, 2.75) is 50.7 Å². The van der Waals surface area contributed by atoms with Gasteiger partial charge in [-0.15, -0.1) is 0 Å². The summed E-state index contributed by atoms with van der Waals surface area (Å²) < 4.78 is 0. The van der Waals surface area contributed by atoms with Gasteiger partial charge in [-0.2, -0.15) is 0 Å². The molecule has 0 radical (unpaired) electrons. The molecule has 1 fully saturated rings. The topological polar surface area (TPSA) is 40.5 Å². The third kappa shape index (κ3) is 2.28. The standard InChI is InChI=1S/C14H20O2/c1-14(2,16)13(15)12-8-4-7-11(9-12)10-5-3-6-10/h4,7-10,13,15-16H,3,5-6H2,1-2H3. The first-order valence-electron chi connectivity index (χ1n) is 5.99. The van der Waals surface area contributed by atoms with Crippen LogP contribution in [0.25, 0.3) is 0 Å². The molecule has 1 unspecified atom stereocenters. The smallest absolute Gasteiger partial charge is 0.107 e. The molecule has 0 amide bonds. The van der Waals surface area contributed by atoms with Crippen molar-refractivity contribution >= 4 is 0 Å². The molecule has 2 N–H and O–H groups in total. The lowest BCUT2D eigenvalue weighted by Crippen LogP contribution is -2.28. The maximum Gasteiger partial charge on any atom is 0.107 e. The minimum absolute atomic E-state index is 0.661. The van der Waals surface area contributed by atoms with Gasteiger partial charge >= 0.3 is 0 Å². The lowest BCUT2D eigenvalue weighted by Gasteiger charge is -2.28. The van der Waals surface area contributed by atoms with Crippen molar-refractivity contribution in [2.75, 3.05) is 0 Å². The molecule has 0 aromatic heterocycles. The third-order valence-corrected chi connectivity index (χ3v) is 3.47. The number of aliphatic hydroxyl groups excluding tert-OH is 1. The molecule has 2 nitrogen and oxygen atoms in total. The lowest BCUT2D eigenvalue weighted by atomic mass is 9.79. The molecule has 0 bridgehead atoms. The molecule has 16 heavy (non-hydrogen) atoms. The van der Waals surface area contributed by atoms with Crippen molar-refractivity contribution in [3.8, 4) is 0 Å². The van der Waals surface area contributed by atoms with E-state index in [9.17, 15) is 10.2 Å². The monoisotopic (exact) mass is 220 g/mol. The minimum atomic E-state index is -1.09. The van der Waals surface area contributed by atoms with Gasteiger partial charge in [0.2, 0.25) is 0 Å². The van der Waals surface area contributed by atoms with E-state index in [0.29, 0.717) is 5.92 Å². The summed E-state index contributed by atoms with van der Waals surface area (Å²) in [6, 6.07) is 8.00. The zero-order chi connectivity index (χ0) is 11.8. The van der Waals surface area contributed by atoms with Gasteiger partial charge in [0.05, 0.1) is 5.60 Å². The normalized spacial score (nSPS) is 19.2. The van der Waals surface area contributed by atoms with Crippen molar-refractivity contribution in [3.63, 3.8) is 0 Å². The minimum Gasteiger partial charge on any atom is -0.387 e. The largest absolute Gasteiger partial charge is 0.387 e. The molecule has 1 aromatic rings. The number of hydrogen-bond donors (Lipinski definition) is 2. The van der Waals surface area contributed by atoms with E-state index in [4.69, 9.17) is 0 Å². The molecular weight excluding hydrogens is 200 g/mol. The van der Waals surface area contributed by atoms with Crippen molar-refractivity contribution < 1.29 is 10.2 Å². The Balaban J connectivity index is 2.21. The van der Waals surface area contributed by atoms with Crippen LogP contribution in [-0.2, 0) is 0 Å². The Morgan fingerprint density at radius 1 is 1.31 bits per heavy atom. The fourth-order valence-electron chi connectivity index (χ4n) is 2.13. The number of rotatable bonds is 3. The second kappa shape index (κ2) is 4.19. The Morgan fingerprint density at radius 3 is 2.50 bits per heavy atom. The first-order chi connectivity index (χ1) is 7.48. The number of aliphatic hydroxyl groups is 2. The van der Waals surface area contributed by atoms with Gasteiger partial charge in [0, 0.05) is 0 Å². The molecule has 1 saturated carbocycles. The second-order valence-corrected chi connectivity index (χ2v) is 5.35. The van der Waals surface area contributed by atoms with Gasteiger partial charge in [0.15, 0.2) is 0 Å². The summed E-state index contributed by atoms with van der Waals surface area (Å²) in [4.78, 5) is 0. The molecule has 0 aliphatic heterocycles. The van der Waals surface area contributed by atoms with Crippen LogP contribution >= 0.6 is 0 Å². The molecule has 2 rings (SSSR count). The van der Waals surface area contributed by atoms with Gasteiger partial charge in [0.1, 0.15) is 6.10 Å². The Morgan fingerprint density at radius 2 is 2.00 bits per heavy atom. The van der Waals surface area contributed by atoms with Gasteiger partial charge in [0.25, 0.3) is 0 Å². The molecule has 0 saturated heterocycles.